The Hall–Kier alpha value is -1.09. The molecule has 2 heterocycles. The molecule has 1 aromatic heterocycles. The summed E-state index contributed by atoms with van der Waals surface area (Å²) in [6.45, 7) is 10.9. The summed E-state index contributed by atoms with van der Waals surface area (Å²) in [6.07, 6.45) is 4.54. The van der Waals surface area contributed by atoms with Crippen molar-refractivity contribution in [1.29, 1.82) is 0 Å². The quantitative estimate of drug-likeness (QED) is 0.873. The minimum absolute atomic E-state index is 0.657. The number of likely N-dealkylation sites (tertiary alicyclic amines) is 1. The molecule has 0 bridgehead atoms. The molecule has 2 N–H and O–H groups in total. The third kappa shape index (κ3) is 2.66. The zero-order valence-corrected chi connectivity index (χ0v) is 12.0. The van der Waals surface area contributed by atoms with Crippen LogP contribution < -0.4 is 5.73 Å². The van der Waals surface area contributed by atoms with E-state index in [4.69, 9.17) is 5.73 Å². The fourth-order valence-electron chi connectivity index (χ4n) is 2.74. The van der Waals surface area contributed by atoms with E-state index in [0.717, 1.165) is 35.0 Å². The van der Waals surface area contributed by atoms with Crippen molar-refractivity contribution >= 4 is 5.69 Å². The number of nitrogens with zero attached hydrogens (tertiary/aromatic N) is 2. The third-order valence-corrected chi connectivity index (χ3v) is 4.28. The Labute approximate surface area is 110 Å². The van der Waals surface area contributed by atoms with Crippen LogP contribution in [0.3, 0.4) is 0 Å². The van der Waals surface area contributed by atoms with Crippen LogP contribution in [0.1, 0.15) is 43.5 Å². The van der Waals surface area contributed by atoms with Crippen LogP contribution in [0.25, 0.3) is 0 Å². The van der Waals surface area contributed by atoms with E-state index in [9.17, 15) is 0 Å². The summed E-state index contributed by atoms with van der Waals surface area (Å²) in [7, 11) is 0. The average Bonchev–Trinajstić information content (AvgIpc) is 2.34. The van der Waals surface area contributed by atoms with E-state index in [2.05, 4.69) is 30.7 Å². The van der Waals surface area contributed by atoms with Gasteiger partial charge in [0.2, 0.25) is 0 Å². The molecule has 1 saturated heterocycles. The van der Waals surface area contributed by atoms with Crippen molar-refractivity contribution in [3.8, 4) is 0 Å². The van der Waals surface area contributed by atoms with E-state index in [1.807, 2.05) is 13.1 Å². The molecule has 3 heteroatoms. The number of nitrogens with two attached hydrogens (primary N) is 1. The van der Waals surface area contributed by atoms with Gasteiger partial charge in [0.25, 0.3) is 0 Å². The molecule has 1 aromatic rings. The number of aryl methyl sites for hydroxylation is 1. The van der Waals surface area contributed by atoms with Crippen LogP contribution in [0, 0.1) is 19.8 Å². The van der Waals surface area contributed by atoms with Gasteiger partial charge in [-0.25, -0.2) is 0 Å². The summed E-state index contributed by atoms with van der Waals surface area (Å²) in [5.74, 6) is 0.796. The van der Waals surface area contributed by atoms with Gasteiger partial charge in [-0.1, -0.05) is 6.92 Å². The predicted octanol–water partition coefficient (Wildman–Crippen LogP) is 2.90. The Balaban J connectivity index is 2.16. The van der Waals surface area contributed by atoms with Gasteiger partial charge in [0.05, 0.1) is 5.69 Å². The summed E-state index contributed by atoms with van der Waals surface area (Å²) in [4.78, 5) is 7.11. The first-order valence-corrected chi connectivity index (χ1v) is 6.93. The van der Waals surface area contributed by atoms with Crippen LogP contribution in [-0.2, 0) is 6.54 Å². The lowest BCUT2D eigenvalue weighted by Gasteiger charge is -2.36. The molecule has 18 heavy (non-hydrogen) atoms. The summed E-state index contributed by atoms with van der Waals surface area (Å²) in [5, 5.41) is 0. The zero-order valence-electron chi connectivity index (χ0n) is 12.0. The summed E-state index contributed by atoms with van der Waals surface area (Å²) >= 11 is 0. The molecule has 3 nitrogen and oxygen atoms in total. The van der Waals surface area contributed by atoms with Crippen LogP contribution in [0.15, 0.2) is 6.20 Å². The number of pyridine rings is 1. The van der Waals surface area contributed by atoms with E-state index in [1.165, 1.54) is 19.4 Å². The van der Waals surface area contributed by atoms with Crippen molar-refractivity contribution in [1.82, 2.24) is 9.88 Å². The Morgan fingerprint density at radius 3 is 2.78 bits per heavy atom. The van der Waals surface area contributed by atoms with E-state index in [-0.39, 0.29) is 0 Å². The van der Waals surface area contributed by atoms with E-state index >= 15 is 0 Å². The van der Waals surface area contributed by atoms with Crippen molar-refractivity contribution < 1.29 is 0 Å². The van der Waals surface area contributed by atoms with Gasteiger partial charge in [-0.2, -0.15) is 0 Å². The van der Waals surface area contributed by atoms with Crippen molar-refractivity contribution in [2.45, 2.75) is 53.1 Å². The molecular formula is C15H25N3. The van der Waals surface area contributed by atoms with Crippen LogP contribution in [0.2, 0.25) is 0 Å². The second kappa shape index (κ2) is 5.27. The highest BCUT2D eigenvalue weighted by molar-refractivity contribution is 5.53. The van der Waals surface area contributed by atoms with Gasteiger partial charge in [-0.15, -0.1) is 0 Å². The van der Waals surface area contributed by atoms with Crippen molar-refractivity contribution in [3.63, 3.8) is 0 Å². The molecule has 0 radical (unpaired) electrons. The highest BCUT2D eigenvalue weighted by Gasteiger charge is 2.23. The van der Waals surface area contributed by atoms with Crippen molar-refractivity contribution in [2.75, 3.05) is 12.3 Å². The van der Waals surface area contributed by atoms with Crippen molar-refractivity contribution in [3.05, 3.63) is 23.0 Å². The van der Waals surface area contributed by atoms with Gasteiger partial charge in [-0.3, -0.25) is 9.88 Å². The highest BCUT2D eigenvalue weighted by atomic mass is 15.2. The SMILES string of the molecule is Cc1cnc(CN2CC(C)CCC2C)c(C)c1N. The lowest BCUT2D eigenvalue weighted by Crippen LogP contribution is -2.40. The van der Waals surface area contributed by atoms with E-state index in [0.29, 0.717) is 6.04 Å². The maximum atomic E-state index is 6.09. The molecule has 0 amide bonds. The Morgan fingerprint density at radius 1 is 1.33 bits per heavy atom. The van der Waals surface area contributed by atoms with Gasteiger partial charge >= 0.3 is 0 Å². The lowest BCUT2D eigenvalue weighted by atomic mass is 9.94. The second-order valence-corrected chi connectivity index (χ2v) is 5.89. The maximum absolute atomic E-state index is 6.09. The number of piperidine rings is 1. The summed E-state index contributed by atoms with van der Waals surface area (Å²) < 4.78 is 0. The fourth-order valence-corrected chi connectivity index (χ4v) is 2.74. The molecule has 100 valence electrons. The van der Waals surface area contributed by atoms with Gasteiger partial charge in [-0.05, 0) is 50.7 Å². The van der Waals surface area contributed by atoms with Crippen molar-refractivity contribution in [2.24, 2.45) is 5.92 Å². The summed E-state index contributed by atoms with van der Waals surface area (Å²) in [6, 6.07) is 0.657. The molecule has 0 saturated carbocycles. The molecule has 2 rings (SSSR count). The zero-order chi connectivity index (χ0) is 13.3. The molecule has 0 aliphatic carbocycles. The minimum Gasteiger partial charge on any atom is -0.398 e. The molecule has 1 fully saturated rings. The maximum Gasteiger partial charge on any atom is 0.0593 e. The first-order chi connectivity index (χ1) is 8.49. The molecule has 0 aromatic carbocycles. The number of aromatic nitrogens is 1. The van der Waals surface area contributed by atoms with Crippen LogP contribution in [-0.4, -0.2) is 22.5 Å². The molecule has 2 unspecified atom stereocenters. The number of rotatable bonds is 2. The number of hydrogen-bond acceptors (Lipinski definition) is 3. The standard InChI is InChI=1S/C15H25N3/c1-10-5-6-12(3)18(8-10)9-14-13(4)15(16)11(2)7-17-14/h7,10,12H,5-6,8-9H2,1-4H3,(H2,16,17). The average molecular weight is 247 g/mol. The fraction of sp³-hybridized carbons (Fsp3) is 0.667. The van der Waals surface area contributed by atoms with E-state index in [1.54, 1.807) is 0 Å². The normalized spacial score (nSPS) is 25.3. The molecule has 1 aliphatic heterocycles. The highest BCUT2D eigenvalue weighted by Crippen LogP contribution is 2.25. The smallest absolute Gasteiger partial charge is 0.0593 e. The molecule has 1 aliphatic rings. The minimum atomic E-state index is 0.657. The lowest BCUT2D eigenvalue weighted by molar-refractivity contribution is 0.115. The predicted molar refractivity (Wildman–Crippen MR) is 76.4 cm³/mol. The first-order valence-electron chi connectivity index (χ1n) is 6.93. The van der Waals surface area contributed by atoms with Gasteiger partial charge in [0.15, 0.2) is 0 Å². The number of anilines is 1. The molecule has 0 spiro atoms. The van der Waals surface area contributed by atoms with Crippen LogP contribution >= 0.6 is 0 Å². The number of nitrogen functional groups attached to an aromatic ring is 1. The van der Waals surface area contributed by atoms with Gasteiger partial charge in [0.1, 0.15) is 0 Å². The van der Waals surface area contributed by atoms with Crippen LogP contribution in [0.5, 0.6) is 0 Å². The van der Waals surface area contributed by atoms with Gasteiger partial charge in [0, 0.05) is 31.0 Å². The topological polar surface area (TPSA) is 42.2 Å². The Morgan fingerprint density at radius 2 is 2.06 bits per heavy atom. The summed E-state index contributed by atoms with van der Waals surface area (Å²) in [5.41, 5.74) is 10.4. The number of hydrogen-bond donors (Lipinski definition) is 1. The van der Waals surface area contributed by atoms with Crippen LogP contribution in [0.4, 0.5) is 5.69 Å². The second-order valence-electron chi connectivity index (χ2n) is 5.89. The Kier molecular flexibility index (Phi) is 3.91. The Bertz CT molecular complexity index is 428. The van der Waals surface area contributed by atoms with E-state index < -0.39 is 0 Å². The monoisotopic (exact) mass is 247 g/mol. The van der Waals surface area contributed by atoms with Gasteiger partial charge < -0.3 is 5.73 Å². The molecule has 2 atom stereocenters. The first kappa shape index (κ1) is 13.3. The largest absolute Gasteiger partial charge is 0.398 e. The third-order valence-electron chi connectivity index (χ3n) is 4.28. The molecular weight excluding hydrogens is 222 g/mol.